The molecule has 0 amide bonds. The van der Waals surface area contributed by atoms with Gasteiger partial charge in [0, 0.05) is 25.2 Å². The van der Waals surface area contributed by atoms with E-state index in [1.807, 2.05) is 49.4 Å². The maximum Gasteiger partial charge on any atom is 0.243 e. The van der Waals surface area contributed by atoms with Crippen LogP contribution in [0.1, 0.15) is 30.4 Å². The highest BCUT2D eigenvalue weighted by molar-refractivity contribution is 7.89. The third-order valence-electron chi connectivity index (χ3n) is 5.64. The Morgan fingerprint density at radius 3 is 2.42 bits per heavy atom. The Morgan fingerprint density at radius 2 is 1.71 bits per heavy atom. The van der Waals surface area contributed by atoms with Gasteiger partial charge in [0.2, 0.25) is 10.0 Å². The fourth-order valence-corrected chi connectivity index (χ4v) is 5.61. The Balaban J connectivity index is 1.47. The molecular weight excluding hydrogens is 408 g/mol. The maximum atomic E-state index is 13.2. The molecule has 0 saturated carbocycles. The summed E-state index contributed by atoms with van der Waals surface area (Å²) in [6.07, 6.45) is 3.83. The van der Waals surface area contributed by atoms with E-state index in [1.54, 1.807) is 10.4 Å². The van der Waals surface area contributed by atoms with Crippen molar-refractivity contribution in [3.63, 3.8) is 0 Å². The average Bonchev–Trinajstić information content (AvgIpc) is 2.81. The maximum absolute atomic E-state index is 13.2. The normalized spacial score (nSPS) is 15.0. The van der Waals surface area contributed by atoms with E-state index in [0.29, 0.717) is 29.5 Å². The zero-order chi connectivity index (χ0) is 21.7. The second-order valence-corrected chi connectivity index (χ2v) is 9.82. The molecule has 4 rings (SSSR count). The molecule has 0 spiro atoms. The van der Waals surface area contributed by atoms with E-state index in [-0.39, 0.29) is 0 Å². The molecule has 6 nitrogen and oxygen atoms in total. The molecule has 0 aliphatic carbocycles. The monoisotopic (exact) mass is 436 g/mol. The summed E-state index contributed by atoms with van der Waals surface area (Å²) in [4.78, 5) is 0.360. The Bertz CT molecular complexity index is 1110. The molecule has 2 aromatic carbocycles. The van der Waals surface area contributed by atoms with Crippen LogP contribution < -0.4 is 5.32 Å². The summed E-state index contributed by atoms with van der Waals surface area (Å²) >= 11 is 0. The number of hydrogen-bond donors (Lipinski definition) is 1. The summed E-state index contributed by atoms with van der Waals surface area (Å²) in [5.41, 5.74) is 3.43. The molecule has 7 heteroatoms. The van der Waals surface area contributed by atoms with E-state index in [4.69, 9.17) is 0 Å². The van der Waals surface area contributed by atoms with Crippen molar-refractivity contribution in [1.82, 2.24) is 14.5 Å². The van der Waals surface area contributed by atoms with Crippen LogP contribution in [0.15, 0.2) is 65.6 Å². The van der Waals surface area contributed by atoms with Crippen LogP contribution in [0.25, 0.3) is 11.3 Å². The van der Waals surface area contributed by atoms with Crippen molar-refractivity contribution < 1.29 is 8.42 Å². The minimum Gasteiger partial charge on any atom is -0.368 e. The zero-order valence-electron chi connectivity index (χ0n) is 17.8. The lowest BCUT2D eigenvalue weighted by Gasteiger charge is -2.26. The van der Waals surface area contributed by atoms with Gasteiger partial charge >= 0.3 is 0 Å². The van der Waals surface area contributed by atoms with Crippen molar-refractivity contribution in [2.45, 2.75) is 37.5 Å². The molecule has 1 aliphatic heterocycles. The van der Waals surface area contributed by atoms with E-state index in [2.05, 4.69) is 27.6 Å². The third-order valence-corrected chi connectivity index (χ3v) is 7.68. The van der Waals surface area contributed by atoms with Gasteiger partial charge < -0.3 is 5.32 Å². The van der Waals surface area contributed by atoms with Gasteiger partial charge in [-0.2, -0.15) is 4.31 Å². The number of rotatable bonds is 7. The number of benzene rings is 2. The fourth-order valence-electron chi connectivity index (χ4n) is 3.84. The van der Waals surface area contributed by atoms with Crippen LogP contribution in [-0.2, 0) is 16.4 Å². The molecule has 0 bridgehead atoms. The van der Waals surface area contributed by atoms with Gasteiger partial charge in [0.1, 0.15) is 5.82 Å². The standard InChI is InChI=1S/C24H28N4O2S/c1-19-10-11-21(18-23(19)31(29,30)28-16-6-3-7-17-28)22-12-13-24(27-26-22)25-15-14-20-8-4-2-5-9-20/h2,4-5,8-13,18H,3,6-7,14-17H2,1H3,(H,25,27). The molecule has 0 unspecified atom stereocenters. The van der Waals surface area contributed by atoms with Gasteiger partial charge in [-0.1, -0.05) is 48.9 Å². The highest BCUT2D eigenvalue weighted by atomic mass is 32.2. The molecule has 0 radical (unpaired) electrons. The number of nitrogens with zero attached hydrogens (tertiary/aromatic N) is 3. The predicted octanol–water partition coefficient (Wildman–Crippen LogP) is 4.28. The van der Waals surface area contributed by atoms with E-state index in [9.17, 15) is 8.42 Å². The van der Waals surface area contributed by atoms with Crippen LogP contribution in [0.2, 0.25) is 0 Å². The zero-order valence-corrected chi connectivity index (χ0v) is 18.6. The molecule has 1 saturated heterocycles. The highest BCUT2D eigenvalue weighted by Gasteiger charge is 2.27. The van der Waals surface area contributed by atoms with Gasteiger partial charge in [0.05, 0.1) is 10.6 Å². The van der Waals surface area contributed by atoms with Crippen molar-refractivity contribution in [2.75, 3.05) is 25.0 Å². The largest absolute Gasteiger partial charge is 0.368 e. The lowest BCUT2D eigenvalue weighted by molar-refractivity contribution is 0.346. The Labute approximate surface area is 184 Å². The van der Waals surface area contributed by atoms with Gasteiger partial charge in [-0.3, -0.25) is 0 Å². The number of piperidine rings is 1. The molecular formula is C24H28N4O2S. The predicted molar refractivity (Wildman–Crippen MR) is 123 cm³/mol. The molecule has 0 atom stereocenters. The summed E-state index contributed by atoms with van der Waals surface area (Å²) in [6, 6.07) is 19.5. The van der Waals surface area contributed by atoms with Crippen LogP contribution in [0.4, 0.5) is 5.82 Å². The van der Waals surface area contributed by atoms with Crippen molar-refractivity contribution in [3.8, 4) is 11.3 Å². The summed E-state index contributed by atoms with van der Waals surface area (Å²) in [6.45, 7) is 3.79. The number of anilines is 1. The lowest BCUT2D eigenvalue weighted by atomic mass is 10.1. The van der Waals surface area contributed by atoms with E-state index >= 15 is 0 Å². The number of sulfonamides is 1. The van der Waals surface area contributed by atoms with Crippen molar-refractivity contribution in [1.29, 1.82) is 0 Å². The Morgan fingerprint density at radius 1 is 0.935 bits per heavy atom. The molecule has 1 N–H and O–H groups in total. The van der Waals surface area contributed by atoms with Crippen LogP contribution >= 0.6 is 0 Å². The van der Waals surface area contributed by atoms with Crippen LogP contribution in [0, 0.1) is 6.92 Å². The quantitative estimate of drug-likeness (QED) is 0.598. The van der Waals surface area contributed by atoms with Crippen LogP contribution in [-0.4, -0.2) is 42.6 Å². The fraction of sp³-hybridized carbons (Fsp3) is 0.333. The first-order valence-corrected chi connectivity index (χ1v) is 12.2. The van der Waals surface area contributed by atoms with Gasteiger partial charge in [-0.15, -0.1) is 10.2 Å². The third kappa shape index (κ3) is 5.11. The van der Waals surface area contributed by atoms with Crippen molar-refractivity contribution >= 4 is 15.8 Å². The molecule has 3 aromatic rings. The summed E-state index contributed by atoms with van der Waals surface area (Å²) in [5, 5.41) is 11.9. The van der Waals surface area contributed by atoms with Crippen molar-refractivity contribution in [2.24, 2.45) is 0 Å². The molecule has 2 heterocycles. The van der Waals surface area contributed by atoms with Crippen molar-refractivity contribution in [3.05, 3.63) is 71.8 Å². The second-order valence-electron chi connectivity index (χ2n) is 7.91. The average molecular weight is 437 g/mol. The topological polar surface area (TPSA) is 75.2 Å². The van der Waals surface area contributed by atoms with Gasteiger partial charge in [-0.05, 0) is 55.5 Å². The van der Waals surface area contributed by atoms with Gasteiger partial charge in [0.15, 0.2) is 0 Å². The summed E-state index contributed by atoms with van der Waals surface area (Å²) in [5.74, 6) is 0.702. The van der Waals surface area contributed by atoms with Crippen LogP contribution in [0.5, 0.6) is 0 Å². The van der Waals surface area contributed by atoms with Crippen LogP contribution in [0.3, 0.4) is 0 Å². The molecule has 1 aromatic heterocycles. The highest BCUT2D eigenvalue weighted by Crippen LogP contribution is 2.28. The number of aryl methyl sites for hydroxylation is 1. The van der Waals surface area contributed by atoms with E-state index in [0.717, 1.165) is 43.4 Å². The van der Waals surface area contributed by atoms with E-state index < -0.39 is 10.0 Å². The lowest BCUT2D eigenvalue weighted by Crippen LogP contribution is -2.35. The molecule has 162 valence electrons. The first-order valence-electron chi connectivity index (χ1n) is 10.8. The summed E-state index contributed by atoms with van der Waals surface area (Å²) in [7, 11) is -3.50. The number of nitrogens with one attached hydrogen (secondary N) is 1. The number of aromatic nitrogens is 2. The SMILES string of the molecule is Cc1ccc(-c2ccc(NCCc3ccccc3)nn2)cc1S(=O)(=O)N1CCCCC1. The van der Waals surface area contributed by atoms with E-state index in [1.165, 1.54) is 5.56 Å². The first-order chi connectivity index (χ1) is 15.0. The smallest absolute Gasteiger partial charge is 0.243 e. The van der Waals surface area contributed by atoms with Gasteiger partial charge in [0.25, 0.3) is 0 Å². The Kier molecular flexibility index (Phi) is 6.63. The molecule has 31 heavy (non-hydrogen) atoms. The number of hydrogen-bond acceptors (Lipinski definition) is 5. The first kappa shape index (κ1) is 21.5. The minimum atomic E-state index is -3.50. The second kappa shape index (κ2) is 9.58. The van der Waals surface area contributed by atoms with Gasteiger partial charge in [-0.25, -0.2) is 8.42 Å². The Hall–Kier alpha value is -2.77. The molecule has 1 fully saturated rings. The molecule has 1 aliphatic rings. The minimum absolute atomic E-state index is 0.360. The summed E-state index contributed by atoms with van der Waals surface area (Å²) < 4.78 is 27.9.